The van der Waals surface area contributed by atoms with Crippen LogP contribution in [0.3, 0.4) is 0 Å². The third-order valence-corrected chi connectivity index (χ3v) is 3.06. The summed E-state index contributed by atoms with van der Waals surface area (Å²) in [5.41, 5.74) is 1.12. The van der Waals surface area contributed by atoms with Crippen molar-refractivity contribution in [3.8, 4) is 5.75 Å². The van der Waals surface area contributed by atoms with Crippen molar-refractivity contribution < 1.29 is 4.74 Å². The maximum absolute atomic E-state index is 5.81. The summed E-state index contributed by atoms with van der Waals surface area (Å²) in [6.07, 6.45) is 4.94. The Bertz CT molecular complexity index is 323. The van der Waals surface area contributed by atoms with Crippen LogP contribution in [0.1, 0.15) is 12.8 Å². The van der Waals surface area contributed by atoms with E-state index in [4.69, 9.17) is 4.74 Å². The van der Waals surface area contributed by atoms with E-state index in [1.54, 1.807) is 11.8 Å². The molecule has 0 unspecified atom stereocenters. The monoisotopic (exact) mass is 209 g/mol. The van der Waals surface area contributed by atoms with Gasteiger partial charge >= 0.3 is 0 Å². The highest BCUT2D eigenvalue weighted by molar-refractivity contribution is 7.98. The molecule has 1 aromatic rings. The van der Waals surface area contributed by atoms with Crippen molar-refractivity contribution in [2.24, 2.45) is 0 Å². The molecule has 0 heterocycles. The van der Waals surface area contributed by atoms with E-state index in [-0.39, 0.29) is 0 Å². The first kappa shape index (κ1) is 9.71. The molecule has 1 fully saturated rings. The molecule has 3 heteroatoms. The normalized spacial score (nSPS) is 15.3. The van der Waals surface area contributed by atoms with Gasteiger partial charge in [-0.25, -0.2) is 0 Å². The average Bonchev–Trinajstić information content (AvgIpc) is 3.01. The molecule has 0 spiro atoms. The van der Waals surface area contributed by atoms with E-state index < -0.39 is 0 Å². The van der Waals surface area contributed by atoms with Crippen molar-refractivity contribution in [3.05, 3.63) is 18.2 Å². The molecule has 0 bridgehead atoms. The van der Waals surface area contributed by atoms with Crippen LogP contribution in [0.15, 0.2) is 23.1 Å². The molecule has 1 aliphatic rings. The highest BCUT2D eigenvalue weighted by Crippen LogP contribution is 2.37. The number of ether oxygens (including phenoxy) is 1. The van der Waals surface area contributed by atoms with Crippen LogP contribution in [0, 0.1) is 0 Å². The summed E-state index contributed by atoms with van der Waals surface area (Å²) in [5, 5.41) is 3.20. The Morgan fingerprint density at radius 1 is 1.43 bits per heavy atom. The van der Waals surface area contributed by atoms with Gasteiger partial charge in [0.1, 0.15) is 5.75 Å². The van der Waals surface area contributed by atoms with Gasteiger partial charge in [-0.1, -0.05) is 6.07 Å². The predicted molar refractivity (Wildman–Crippen MR) is 61.4 cm³/mol. The second kappa shape index (κ2) is 4.13. The van der Waals surface area contributed by atoms with Crippen LogP contribution in [-0.4, -0.2) is 19.4 Å². The lowest BCUT2D eigenvalue weighted by molar-refractivity contribution is 0.304. The molecule has 0 aromatic heterocycles. The van der Waals surface area contributed by atoms with E-state index in [0.717, 1.165) is 11.4 Å². The molecule has 0 aliphatic heterocycles. The second-order valence-corrected chi connectivity index (χ2v) is 4.25. The average molecular weight is 209 g/mol. The molecule has 0 atom stereocenters. The Morgan fingerprint density at radius 2 is 2.21 bits per heavy atom. The molecule has 1 aliphatic carbocycles. The van der Waals surface area contributed by atoms with E-state index in [0.29, 0.717) is 6.10 Å². The molecule has 2 rings (SSSR count). The smallest absolute Gasteiger partial charge is 0.143 e. The number of anilines is 1. The molecule has 1 saturated carbocycles. The van der Waals surface area contributed by atoms with Gasteiger partial charge in [0.25, 0.3) is 0 Å². The number of hydrogen-bond donors (Lipinski definition) is 1. The molecule has 0 radical (unpaired) electrons. The van der Waals surface area contributed by atoms with Gasteiger partial charge in [0.15, 0.2) is 0 Å². The van der Waals surface area contributed by atoms with Crippen molar-refractivity contribution in [2.45, 2.75) is 23.8 Å². The number of rotatable bonds is 4. The summed E-state index contributed by atoms with van der Waals surface area (Å²) < 4.78 is 5.81. The standard InChI is InChI=1S/C11H15NOS/c1-12-11-9(13-8-6-7-8)4-3-5-10(11)14-2/h3-5,8,12H,6-7H2,1-2H3. The van der Waals surface area contributed by atoms with E-state index in [1.807, 2.05) is 19.2 Å². The van der Waals surface area contributed by atoms with Crippen molar-refractivity contribution >= 4 is 17.4 Å². The summed E-state index contributed by atoms with van der Waals surface area (Å²) in [7, 11) is 1.94. The van der Waals surface area contributed by atoms with Crippen molar-refractivity contribution in [1.82, 2.24) is 0 Å². The summed E-state index contributed by atoms with van der Waals surface area (Å²) in [4.78, 5) is 1.24. The van der Waals surface area contributed by atoms with E-state index in [9.17, 15) is 0 Å². The minimum atomic E-state index is 0.458. The van der Waals surface area contributed by atoms with Crippen LogP contribution in [0.25, 0.3) is 0 Å². The Balaban J connectivity index is 2.26. The largest absolute Gasteiger partial charge is 0.488 e. The Hall–Kier alpha value is -0.830. The molecule has 76 valence electrons. The van der Waals surface area contributed by atoms with Crippen LogP contribution in [0.5, 0.6) is 5.75 Å². The summed E-state index contributed by atoms with van der Waals surface area (Å²) in [6, 6.07) is 6.19. The third kappa shape index (κ3) is 1.98. The van der Waals surface area contributed by atoms with Gasteiger partial charge in [-0.05, 0) is 31.2 Å². The highest BCUT2D eigenvalue weighted by Gasteiger charge is 2.24. The lowest BCUT2D eigenvalue weighted by atomic mass is 10.3. The number of hydrogen-bond acceptors (Lipinski definition) is 3. The van der Waals surface area contributed by atoms with Gasteiger partial charge in [0, 0.05) is 11.9 Å². The van der Waals surface area contributed by atoms with Crippen LogP contribution in [-0.2, 0) is 0 Å². The maximum atomic E-state index is 5.81. The highest BCUT2D eigenvalue weighted by atomic mass is 32.2. The summed E-state index contributed by atoms with van der Waals surface area (Å²) in [6.45, 7) is 0. The zero-order valence-electron chi connectivity index (χ0n) is 8.54. The van der Waals surface area contributed by atoms with Crippen molar-refractivity contribution in [2.75, 3.05) is 18.6 Å². The van der Waals surface area contributed by atoms with E-state index in [2.05, 4.69) is 17.6 Å². The molecular formula is C11H15NOS. The lowest BCUT2D eigenvalue weighted by Crippen LogP contribution is -2.01. The first-order valence-corrected chi connectivity index (χ1v) is 6.09. The molecule has 14 heavy (non-hydrogen) atoms. The summed E-state index contributed by atoms with van der Waals surface area (Å²) >= 11 is 1.74. The molecule has 2 nitrogen and oxygen atoms in total. The number of nitrogens with one attached hydrogen (secondary N) is 1. The van der Waals surface area contributed by atoms with Gasteiger partial charge in [-0.3, -0.25) is 0 Å². The van der Waals surface area contributed by atoms with E-state index >= 15 is 0 Å². The molecule has 0 amide bonds. The zero-order chi connectivity index (χ0) is 9.97. The second-order valence-electron chi connectivity index (χ2n) is 3.40. The summed E-state index contributed by atoms with van der Waals surface area (Å²) in [5.74, 6) is 0.988. The Kier molecular flexibility index (Phi) is 2.87. The first-order chi connectivity index (χ1) is 6.85. The van der Waals surface area contributed by atoms with Gasteiger partial charge in [-0.2, -0.15) is 0 Å². The van der Waals surface area contributed by atoms with Crippen molar-refractivity contribution in [3.63, 3.8) is 0 Å². The lowest BCUT2D eigenvalue weighted by Gasteiger charge is -2.13. The van der Waals surface area contributed by atoms with Crippen LogP contribution in [0.2, 0.25) is 0 Å². The molecule has 0 saturated heterocycles. The minimum absolute atomic E-state index is 0.458. The van der Waals surface area contributed by atoms with Gasteiger partial charge in [-0.15, -0.1) is 11.8 Å². The molecule has 1 aromatic carbocycles. The van der Waals surface area contributed by atoms with Crippen molar-refractivity contribution in [1.29, 1.82) is 0 Å². The fourth-order valence-electron chi connectivity index (χ4n) is 1.39. The zero-order valence-corrected chi connectivity index (χ0v) is 9.36. The predicted octanol–water partition coefficient (Wildman–Crippen LogP) is 2.99. The Labute approximate surface area is 89.0 Å². The number of benzene rings is 1. The van der Waals surface area contributed by atoms with Crippen LogP contribution >= 0.6 is 11.8 Å². The SMILES string of the molecule is CNc1c(OC2CC2)cccc1SC. The quantitative estimate of drug-likeness (QED) is 0.770. The molecular weight excluding hydrogens is 194 g/mol. The Morgan fingerprint density at radius 3 is 2.79 bits per heavy atom. The topological polar surface area (TPSA) is 21.3 Å². The third-order valence-electron chi connectivity index (χ3n) is 2.28. The molecule has 1 N–H and O–H groups in total. The minimum Gasteiger partial charge on any atom is -0.488 e. The maximum Gasteiger partial charge on any atom is 0.143 e. The fraction of sp³-hybridized carbons (Fsp3) is 0.455. The first-order valence-electron chi connectivity index (χ1n) is 4.86. The fourth-order valence-corrected chi connectivity index (χ4v) is 2.01. The number of thioether (sulfide) groups is 1. The van der Waals surface area contributed by atoms with Crippen LogP contribution < -0.4 is 10.1 Å². The van der Waals surface area contributed by atoms with Gasteiger partial charge in [0.05, 0.1) is 11.8 Å². The van der Waals surface area contributed by atoms with Crippen LogP contribution in [0.4, 0.5) is 5.69 Å². The van der Waals surface area contributed by atoms with Gasteiger partial charge in [0.2, 0.25) is 0 Å². The number of para-hydroxylation sites is 1. The van der Waals surface area contributed by atoms with E-state index in [1.165, 1.54) is 17.7 Å². The van der Waals surface area contributed by atoms with Gasteiger partial charge < -0.3 is 10.1 Å².